The lowest BCUT2D eigenvalue weighted by Gasteiger charge is -2.14. The Labute approximate surface area is 102 Å². The molecule has 0 saturated heterocycles. The summed E-state index contributed by atoms with van der Waals surface area (Å²) in [4.78, 5) is 15.6. The maximum Gasteiger partial charge on any atom is 0.242 e. The van der Waals surface area contributed by atoms with Crippen molar-refractivity contribution in [2.45, 2.75) is 26.8 Å². The minimum Gasteiger partial charge on any atom is -0.320 e. The van der Waals surface area contributed by atoms with Gasteiger partial charge in [-0.1, -0.05) is 19.9 Å². The quantitative estimate of drug-likeness (QED) is 0.850. The number of aryl methyl sites for hydroxylation is 1. The highest BCUT2D eigenvalue weighted by Gasteiger charge is 2.17. The van der Waals surface area contributed by atoms with Crippen molar-refractivity contribution in [2.24, 2.45) is 11.7 Å². The number of nitrogens with one attached hydrogen (secondary N) is 1. The van der Waals surface area contributed by atoms with Crippen LogP contribution < -0.4 is 11.1 Å². The van der Waals surface area contributed by atoms with Crippen LogP contribution in [0.3, 0.4) is 0 Å². The topological polar surface area (TPSA) is 68.0 Å². The molecule has 0 saturated carbocycles. The Morgan fingerprint density at radius 2 is 2.06 bits per heavy atom. The lowest BCUT2D eigenvalue weighted by atomic mass is 10.1. The van der Waals surface area contributed by atoms with Gasteiger partial charge in [0.25, 0.3) is 0 Å². The molecular weight excluding hydrogens is 226 g/mol. The molecule has 1 aromatic heterocycles. The number of anilines is 1. The number of pyridine rings is 1. The van der Waals surface area contributed by atoms with E-state index in [4.69, 9.17) is 5.73 Å². The van der Waals surface area contributed by atoms with Crippen LogP contribution in [0.5, 0.6) is 0 Å². The van der Waals surface area contributed by atoms with Gasteiger partial charge in [-0.15, -0.1) is 12.4 Å². The van der Waals surface area contributed by atoms with E-state index in [0.29, 0.717) is 5.82 Å². The third-order valence-corrected chi connectivity index (χ3v) is 2.18. The van der Waals surface area contributed by atoms with Gasteiger partial charge in [0.05, 0.1) is 6.04 Å². The molecule has 5 heteroatoms. The van der Waals surface area contributed by atoms with E-state index < -0.39 is 6.04 Å². The van der Waals surface area contributed by atoms with Crippen molar-refractivity contribution in [1.29, 1.82) is 0 Å². The van der Waals surface area contributed by atoms with E-state index in [-0.39, 0.29) is 24.2 Å². The van der Waals surface area contributed by atoms with Crippen LogP contribution in [0.1, 0.15) is 19.4 Å². The Morgan fingerprint density at radius 3 is 2.50 bits per heavy atom. The minimum atomic E-state index is -0.492. The average molecular weight is 244 g/mol. The lowest BCUT2D eigenvalue weighted by Crippen LogP contribution is -2.39. The summed E-state index contributed by atoms with van der Waals surface area (Å²) in [6.45, 7) is 5.76. The van der Waals surface area contributed by atoms with Gasteiger partial charge in [-0.3, -0.25) is 4.79 Å². The van der Waals surface area contributed by atoms with Crippen LogP contribution in [-0.4, -0.2) is 16.9 Å². The van der Waals surface area contributed by atoms with E-state index in [2.05, 4.69) is 10.3 Å². The summed E-state index contributed by atoms with van der Waals surface area (Å²) >= 11 is 0. The van der Waals surface area contributed by atoms with Gasteiger partial charge < -0.3 is 11.1 Å². The Bertz CT molecular complexity index is 338. The van der Waals surface area contributed by atoms with Crippen molar-refractivity contribution < 1.29 is 4.79 Å². The third-order valence-electron chi connectivity index (χ3n) is 2.18. The van der Waals surface area contributed by atoms with Crippen LogP contribution in [0.4, 0.5) is 5.82 Å². The van der Waals surface area contributed by atoms with Gasteiger partial charge in [0.15, 0.2) is 0 Å². The highest BCUT2D eigenvalue weighted by atomic mass is 35.5. The predicted octanol–water partition coefficient (Wildman–Crippen LogP) is 1.73. The molecule has 0 aliphatic heterocycles. The lowest BCUT2D eigenvalue weighted by molar-refractivity contribution is -0.118. The zero-order valence-electron chi connectivity index (χ0n) is 9.73. The molecular formula is C11H18ClN3O. The zero-order chi connectivity index (χ0) is 11.4. The van der Waals surface area contributed by atoms with E-state index in [1.54, 1.807) is 12.3 Å². The first kappa shape index (κ1) is 14.9. The summed E-state index contributed by atoms with van der Waals surface area (Å²) < 4.78 is 0. The van der Waals surface area contributed by atoms with Gasteiger partial charge in [-0.05, 0) is 24.5 Å². The van der Waals surface area contributed by atoms with Crippen LogP contribution in [0.15, 0.2) is 18.3 Å². The molecule has 0 aliphatic carbocycles. The first-order chi connectivity index (χ1) is 7.00. The Kier molecular flexibility index (Phi) is 6.00. The third kappa shape index (κ3) is 4.16. The zero-order valence-corrected chi connectivity index (χ0v) is 10.5. The number of carbonyl (C=O) groups excluding carboxylic acids is 1. The monoisotopic (exact) mass is 243 g/mol. The first-order valence-electron chi connectivity index (χ1n) is 5.00. The van der Waals surface area contributed by atoms with Gasteiger partial charge >= 0.3 is 0 Å². The summed E-state index contributed by atoms with van der Waals surface area (Å²) in [6.07, 6.45) is 1.70. The van der Waals surface area contributed by atoms with E-state index in [0.717, 1.165) is 5.56 Å². The molecule has 4 nitrogen and oxygen atoms in total. The van der Waals surface area contributed by atoms with E-state index in [1.807, 2.05) is 26.8 Å². The van der Waals surface area contributed by atoms with Crippen molar-refractivity contribution in [3.8, 4) is 0 Å². The molecule has 0 aromatic carbocycles. The molecule has 1 aromatic rings. The van der Waals surface area contributed by atoms with Gasteiger partial charge in [0.2, 0.25) is 5.91 Å². The molecule has 1 heterocycles. The number of halogens is 1. The smallest absolute Gasteiger partial charge is 0.242 e. The molecule has 0 fully saturated rings. The number of hydrogen-bond acceptors (Lipinski definition) is 3. The number of nitrogens with two attached hydrogens (primary N) is 1. The molecule has 90 valence electrons. The maximum absolute atomic E-state index is 11.6. The second-order valence-electron chi connectivity index (χ2n) is 3.98. The molecule has 1 rings (SSSR count). The largest absolute Gasteiger partial charge is 0.320 e. The number of hydrogen-bond donors (Lipinski definition) is 2. The summed E-state index contributed by atoms with van der Waals surface area (Å²) in [5, 5.41) is 2.68. The van der Waals surface area contributed by atoms with Crippen molar-refractivity contribution >= 4 is 24.1 Å². The van der Waals surface area contributed by atoms with E-state index in [9.17, 15) is 4.79 Å². The fourth-order valence-corrected chi connectivity index (χ4v) is 1.05. The van der Waals surface area contributed by atoms with Gasteiger partial charge in [-0.2, -0.15) is 0 Å². The van der Waals surface area contributed by atoms with Crippen LogP contribution in [0.2, 0.25) is 0 Å². The van der Waals surface area contributed by atoms with Crippen LogP contribution in [-0.2, 0) is 4.79 Å². The summed E-state index contributed by atoms with van der Waals surface area (Å²) in [5.74, 6) is 0.471. The molecule has 0 unspecified atom stereocenters. The molecule has 16 heavy (non-hydrogen) atoms. The number of aromatic nitrogens is 1. The Morgan fingerprint density at radius 1 is 1.44 bits per heavy atom. The second-order valence-corrected chi connectivity index (χ2v) is 3.98. The standard InChI is InChI=1S/C11H17N3O.ClH/c1-7(2)10(12)11(15)14-9-5-4-8(3)6-13-9;/h4-7,10H,12H2,1-3H3,(H,13,14,15);1H/t10-;/m0./s1. The predicted molar refractivity (Wildman–Crippen MR) is 67.7 cm³/mol. The SMILES string of the molecule is Cc1ccc(NC(=O)[C@@H](N)C(C)C)nc1.Cl. The molecule has 1 atom stereocenters. The summed E-state index contributed by atoms with van der Waals surface area (Å²) in [5.41, 5.74) is 6.75. The van der Waals surface area contributed by atoms with Crippen molar-refractivity contribution in [1.82, 2.24) is 4.98 Å². The molecule has 3 N–H and O–H groups in total. The van der Waals surface area contributed by atoms with Crippen molar-refractivity contribution in [3.05, 3.63) is 23.9 Å². The fourth-order valence-electron chi connectivity index (χ4n) is 1.05. The minimum absolute atomic E-state index is 0. The van der Waals surface area contributed by atoms with E-state index >= 15 is 0 Å². The number of carbonyl (C=O) groups is 1. The number of amides is 1. The fraction of sp³-hybridized carbons (Fsp3) is 0.455. The molecule has 0 radical (unpaired) electrons. The average Bonchev–Trinajstić information content (AvgIpc) is 2.20. The number of nitrogens with zero attached hydrogens (tertiary/aromatic N) is 1. The normalized spacial score (nSPS) is 11.8. The van der Waals surface area contributed by atoms with Crippen LogP contribution in [0, 0.1) is 12.8 Å². The molecule has 0 bridgehead atoms. The summed E-state index contributed by atoms with van der Waals surface area (Å²) in [6, 6.07) is 3.16. The Balaban J connectivity index is 0.00000225. The highest BCUT2D eigenvalue weighted by molar-refractivity contribution is 5.94. The molecule has 0 spiro atoms. The number of rotatable bonds is 3. The summed E-state index contributed by atoms with van der Waals surface area (Å²) in [7, 11) is 0. The second kappa shape index (κ2) is 6.45. The first-order valence-corrected chi connectivity index (χ1v) is 5.00. The van der Waals surface area contributed by atoms with Crippen LogP contribution >= 0.6 is 12.4 Å². The Hall–Kier alpha value is -1.13. The van der Waals surface area contributed by atoms with Gasteiger partial charge in [0, 0.05) is 6.20 Å². The van der Waals surface area contributed by atoms with Crippen LogP contribution in [0.25, 0.3) is 0 Å². The van der Waals surface area contributed by atoms with E-state index in [1.165, 1.54) is 0 Å². The van der Waals surface area contributed by atoms with Crippen molar-refractivity contribution in [2.75, 3.05) is 5.32 Å². The molecule has 0 aliphatic rings. The molecule has 1 amide bonds. The van der Waals surface area contributed by atoms with Gasteiger partial charge in [0.1, 0.15) is 5.82 Å². The van der Waals surface area contributed by atoms with Gasteiger partial charge in [-0.25, -0.2) is 4.98 Å². The van der Waals surface area contributed by atoms with Crippen molar-refractivity contribution in [3.63, 3.8) is 0 Å². The maximum atomic E-state index is 11.6. The highest BCUT2D eigenvalue weighted by Crippen LogP contribution is 2.06.